The smallest absolute Gasteiger partial charge is 0.380 e. The molecule has 0 radical (unpaired) electrons. The summed E-state index contributed by atoms with van der Waals surface area (Å²) >= 11 is 6.39. The summed E-state index contributed by atoms with van der Waals surface area (Å²) < 4.78 is 9.19. The van der Waals surface area contributed by atoms with Crippen molar-refractivity contribution in [2.75, 3.05) is 0 Å². The molecule has 0 saturated heterocycles. The van der Waals surface area contributed by atoms with Gasteiger partial charge in [-0.15, -0.1) is 0 Å². The second-order valence-corrected chi connectivity index (χ2v) is 6.11. The second-order valence-electron chi connectivity index (χ2n) is 1.03. The third-order valence-corrected chi connectivity index (χ3v) is 0. The summed E-state index contributed by atoms with van der Waals surface area (Å²) in [5.41, 5.74) is 0. The first-order valence-electron chi connectivity index (χ1n) is 1.57. The van der Waals surface area contributed by atoms with Crippen LogP contribution in [0, 0.1) is 0 Å². The molecule has 0 aliphatic heterocycles. The third-order valence-electron chi connectivity index (χ3n) is 0. The minimum absolute atomic E-state index is 0. The Labute approximate surface area is 110 Å². The molecule has 0 aromatic carbocycles. The largest absolute Gasteiger partial charge is 0.412 e. The van der Waals surface area contributed by atoms with Gasteiger partial charge in [0.15, 0.2) is 0 Å². The summed E-state index contributed by atoms with van der Waals surface area (Å²) in [4.78, 5) is 37.7. The van der Waals surface area contributed by atoms with Gasteiger partial charge in [-0.3, -0.25) is 0 Å². The molecule has 0 aromatic rings. The molecule has 0 heterocycles. The summed E-state index contributed by atoms with van der Waals surface area (Å²) in [6, 6.07) is 0. The molecule has 15 heavy (non-hydrogen) atoms. The Morgan fingerprint density at radius 2 is 0.867 bits per heavy atom. The minimum Gasteiger partial charge on any atom is -0.412 e. The van der Waals surface area contributed by atoms with Crippen LogP contribution in [-0.2, 0) is 38.1 Å². The Morgan fingerprint density at radius 1 is 0.867 bits per heavy atom. The molecule has 0 bridgehead atoms. The molecule has 0 aliphatic rings. The zero-order valence-corrected chi connectivity index (χ0v) is 12.0. The van der Waals surface area contributed by atoms with E-state index in [2.05, 4.69) is 24.1 Å². The van der Waals surface area contributed by atoms with Crippen LogP contribution >= 0.6 is 25.8 Å². The van der Waals surface area contributed by atoms with Crippen molar-refractivity contribution in [2.24, 2.45) is 0 Å². The van der Waals surface area contributed by atoms with Gasteiger partial charge in [-0.1, -0.05) is 12.2 Å². The SMILES string of the molecule is O.O.O.O.O=P(O)(O)S.OP(O)(O)=S.[Ti]. The van der Waals surface area contributed by atoms with E-state index >= 15 is 0 Å². The van der Waals surface area contributed by atoms with Crippen LogP contribution in [0.3, 0.4) is 0 Å². The molecule has 0 aliphatic carbocycles. The van der Waals surface area contributed by atoms with Crippen LogP contribution in [0.5, 0.6) is 0 Å². The fourth-order valence-electron chi connectivity index (χ4n) is 0. The zero-order chi connectivity index (χ0) is 9.00. The Morgan fingerprint density at radius 3 is 0.867 bits per heavy atom. The molecule has 10 nitrogen and oxygen atoms in total. The van der Waals surface area contributed by atoms with E-state index in [-0.39, 0.29) is 43.6 Å². The number of thiol groups is 1. The molecule has 0 rings (SSSR count). The summed E-state index contributed by atoms with van der Waals surface area (Å²) in [5, 5.41) is 0. The average molecular weight is 348 g/mol. The molecule has 0 unspecified atom stereocenters. The Balaban J connectivity index is -0.0000000128. The van der Waals surface area contributed by atoms with Gasteiger partial charge in [0.2, 0.25) is 0 Å². The van der Waals surface area contributed by atoms with E-state index in [1.165, 1.54) is 0 Å². The monoisotopic (exact) mass is 348 g/mol. The van der Waals surface area contributed by atoms with E-state index in [1.807, 2.05) is 0 Å². The first-order valence-corrected chi connectivity index (χ1v) is 6.99. The molecular formula is H14O10P2S2Ti. The van der Waals surface area contributed by atoms with Crippen molar-refractivity contribution in [3.8, 4) is 0 Å². The van der Waals surface area contributed by atoms with Crippen LogP contribution in [-0.4, -0.2) is 46.4 Å². The van der Waals surface area contributed by atoms with E-state index < -0.39 is 13.5 Å². The van der Waals surface area contributed by atoms with Crippen LogP contribution in [0.4, 0.5) is 0 Å². The van der Waals surface area contributed by atoms with Crippen molar-refractivity contribution in [1.29, 1.82) is 0 Å². The molecular weight excluding hydrogens is 334 g/mol. The fourth-order valence-corrected chi connectivity index (χ4v) is 0. The first kappa shape index (κ1) is 43.8. The van der Waals surface area contributed by atoms with Gasteiger partial charge in [-0.25, -0.2) is 4.57 Å². The second kappa shape index (κ2) is 18.0. The standard InChI is InChI=1S/2H3O3PS.4H2O.Ti/c2*1-4(2,3)5;;;;;/h2*(H3,1,2,3,5);4*1H2;. The van der Waals surface area contributed by atoms with Gasteiger partial charge >= 0.3 is 13.5 Å². The van der Waals surface area contributed by atoms with Crippen LogP contribution in [0.15, 0.2) is 0 Å². The summed E-state index contributed by atoms with van der Waals surface area (Å²) in [7, 11) is 0. The van der Waals surface area contributed by atoms with Gasteiger partial charge in [0, 0.05) is 21.7 Å². The van der Waals surface area contributed by atoms with E-state index in [0.29, 0.717) is 0 Å². The molecule has 15 heteroatoms. The van der Waals surface area contributed by atoms with Gasteiger partial charge in [0.1, 0.15) is 0 Å². The number of hydrogen-bond acceptors (Lipinski definition) is 2. The summed E-state index contributed by atoms with van der Waals surface area (Å²) in [6.07, 6.45) is 0. The minimum atomic E-state index is -3.94. The van der Waals surface area contributed by atoms with Gasteiger partial charge in [-0.2, -0.15) is 0 Å². The molecule has 0 spiro atoms. The maximum absolute atomic E-state index is 9.19. The van der Waals surface area contributed by atoms with Crippen LogP contribution in [0.1, 0.15) is 0 Å². The van der Waals surface area contributed by atoms with Crippen molar-refractivity contribution < 1.29 is 72.7 Å². The van der Waals surface area contributed by atoms with Gasteiger partial charge in [-0.05, 0) is 11.8 Å². The van der Waals surface area contributed by atoms with Gasteiger partial charge < -0.3 is 46.4 Å². The zero-order valence-electron chi connectivity index (χ0n) is 6.89. The molecule has 0 saturated carbocycles. The van der Waals surface area contributed by atoms with E-state index in [4.69, 9.17) is 24.5 Å². The molecule has 100 valence electrons. The van der Waals surface area contributed by atoms with Gasteiger partial charge in [0.25, 0.3) is 0 Å². The quantitative estimate of drug-likeness (QED) is 0.143. The molecule has 0 aromatic heterocycles. The molecule has 0 atom stereocenters. The van der Waals surface area contributed by atoms with Crippen molar-refractivity contribution in [1.82, 2.24) is 0 Å². The van der Waals surface area contributed by atoms with Crippen LogP contribution < -0.4 is 0 Å². The molecule has 13 N–H and O–H groups in total. The Bertz CT molecular complexity index is 134. The van der Waals surface area contributed by atoms with E-state index in [1.54, 1.807) is 0 Å². The molecule has 0 amide bonds. The Hall–Kier alpha value is 1.58. The van der Waals surface area contributed by atoms with Crippen molar-refractivity contribution in [3.63, 3.8) is 0 Å². The maximum Gasteiger partial charge on any atom is 0.380 e. The number of rotatable bonds is 0. The fraction of sp³-hybridized carbons (Fsp3) is 0. The maximum atomic E-state index is 9.19. The van der Waals surface area contributed by atoms with Crippen molar-refractivity contribution >= 4 is 37.6 Å². The van der Waals surface area contributed by atoms with Crippen LogP contribution in [0.2, 0.25) is 0 Å². The summed E-state index contributed by atoms with van der Waals surface area (Å²) in [5.74, 6) is 0. The average Bonchev–Trinajstić information content (AvgIpc) is 1.12. The Kier molecular flexibility index (Phi) is 52.5. The topological polar surface area (TPSA) is 244 Å². The predicted molar refractivity (Wildman–Crippen MR) is 56.4 cm³/mol. The van der Waals surface area contributed by atoms with E-state index in [9.17, 15) is 4.57 Å². The third kappa shape index (κ3) is 1150. The first-order chi connectivity index (χ1) is 4.00. The van der Waals surface area contributed by atoms with Crippen molar-refractivity contribution in [3.05, 3.63) is 0 Å². The van der Waals surface area contributed by atoms with Crippen molar-refractivity contribution in [2.45, 2.75) is 0 Å². The molecule has 0 fully saturated rings. The van der Waals surface area contributed by atoms with Crippen LogP contribution in [0.25, 0.3) is 0 Å². The predicted octanol–water partition coefficient (Wildman–Crippen LogP) is -4.10. The normalized spacial score (nSPS) is 7.87. The van der Waals surface area contributed by atoms with Gasteiger partial charge in [0.05, 0.1) is 0 Å². The number of hydrogen-bond donors (Lipinski definition) is 6. The van der Waals surface area contributed by atoms with E-state index in [0.717, 1.165) is 0 Å². The summed E-state index contributed by atoms with van der Waals surface area (Å²) in [6.45, 7) is -7.75.